The fraction of sp³-hybridized carbons (Fsp3) is 0.812. The molecule has 21 heavy (non-hydrogen) atoms. The van der Waals surface area contributed by atoms with Crippen LogP contribution in [0.4, 0.5) is 0 Å². The van der Waals surface area contributed by atoms with E-state index in [1.807, 2.05) is 18.7 Å². The lowest BCUT2D eigenvalue weighted by Crippen LogP contribution is -2.59. The smallest absolute Gasteiger partial charge is 0.0738 e. The summed E-state index contributed by atoms with van der Waals surface area (Å²) < 4.78 is 3.09. The van der Waals surface area contributed by atoms with Crippen molar-refractivity contribution in [1.82, 2.24) is 14.7 Å². The summed E-state index contributed by atoms with van der Waals surface area (Å²) in [6.07, 6.45) is 5.71. The van der Waals surface area contributed by atoms with Gasteiger partial charge >= 0.3 is 0 Å². The number of aromatic nitrogens is 2. The molecule has 0 saturated carbocycles. The second-order valence-corrected chi connectivity index (χ2v) is 7.08. The van der Waals surface area contributed by atoms with Crippen molar-refractivity contribution in [3.8, 4) is 0 Å². The highest BCUT2D eigenvalue weighted by Crippen LogP contribution is 2.33. The third kappa shape index (κ3) is 3.06. The highest BCUT2D eigenvalue weighted by Gasteiger charge is 2.40. The fourth-order valence-corrected chi connectivity index (χ4v) is 4.42. The van der Waals surface area contributed by atoms with Gasteiger partial charge in [-0.1, -0.05) is 13.8 Å². The van der Waals surface area contributed by atoms with Crippen LogP contribution in [0.3, 0.4) is 0 Å². The molecule has 1 aromatic rings. The molecule has 120 valence electrons. The molecular formula is C16H29BrN4. The van der Waals surface area contributed by atoms with Crippen molar-refractivity contribution in [3.05, 3.63) is 15.9 Å². The lowest BCUT2D eigenvalue weighted by atomic mass is 9.81. The zero-order chi connectivity index (χ0) is 15.6. The minimum Gasteiger partial charge on any atom is -0.326 e. The van der Waals surface area contributed by atoms with E-state index >= 15 is 0 Å². The van der Waals surface area contributed by atoms with Crippen LogP contribution < -0.4 is 5.73 Å². The number of rotatable bonds is 6. The Labute approximate surface area is 137 Å². The van der Waals surface area contributed by atoms with Gasteiger partial charge in [-0.3, -0.25) is 9.58 Å². The fourth-order valence-electron chi connectivity index (χ4n) is 3.92. The first-order chi connectivity index (χ1) is 9.96. The average Bonchev–Trinajstić information content (AvgIpc) is 3.07. The van der Waals surface area contributed by atoms with Crippen LogP contribution in [-0.4, -0.2) is 39.4 Å². The van der Waals surface area contributed by atoms with Gasteiger partial charge in [0.15, 0.2) is 0 Å². The van der Waals surface area contributed by atoms with E-state index in [0.29, 0.717) is 0 Å². The topological polar surface area (TPSA) is 47.1 Å². The average molecular weight is 357 g/mol. The van der Waals surface area contributed by atoms with Gasteiger partial charge in [0.25, 0.3) is 0 Å². The van der Waals surface area contributed by atoms with Crippen LogP contribution in [0.1, 0.15) is 50.9 Å². The number of hydrogen-bond donors (Lipinski definition) is 1. The van der Waals surface area contributed by atoms with Gasteiger partial charge in [-0.15, -0.1) is 0 Å². The molecule has 1 aromatic heterocycles. The molecule has 1 atom stereocenters. The Morgan fingerprint density at radius 1 is 1.29 bits per heavy atom. The minimum absolute atomic E-state index is 0.119. The van der Waals surface area contributed by atoms with Gasteiger partial charge in [0.2, 0.25) is 0 Å². The molecule has 1 unspecified atom stereocenters. The molecule has 0 amide bonds. The molecule has 0 spiro atoms. The molecule has 0 aliphatic carbocycles. The first-order valence-electron chi connectivity index (χ1n) is 8.14. The predicted octanol–water partition coefficient (Wildman–Crippen LogP) is 3.02. The monoisotopic (exact) mass is 356 g/mol. The van der Waals surface area contributed by atoms with Crippen LogP contribution in [0.2, 0.25) is 0 Å². The number of aryl methyl sites for hydroxylation is 2. The first-order valence-corrected chi connectivity index (χ1v) is 8.94. The molecular weight excluding hydrogens is 328 g/mol. The Hall–Kier alpha value is -0.390. The van der Waals surface area contributed by atoms with Crippen LogP contribution in [0.15, 0.2) is 4.47 Å². The Kier molecular flexibility index (Phi) is 5.49. The van der Waals surface area contributed by atoms with Gasteiger partial charge in [0.1, 0.15) is 0 Å². The van der Waals surface area contributed by atoms with E-state index in [9.17, 15) is 0 Å². The van der Waals surface area contributed by atoms with E-state index in [1.165, 1.54) is 31.6 Å². The highest BCUT2D eigenvalue weighted by molar-refractivity contribution is 9.10. The van der Waals surface area contributed by atoms with Gasteiger partial charge in [-0.25, -0.2) is 0 Å². The maximum absolute atomic E-state index is 6.73. The third-order valence-electron chi connectivity index (χ3n) is 5.33. The molecule has 0 radical (unpaired) electrons. The summed E-state index contributed by atoms with van der Waals surface area (Å²) in [4.78, 5) is 2.63. The number of halogens is 1. The number of likely N-dealkylation sites (tertiary alicyclic amines) is 1. The molecule has 1 aliphatic rings. The summed E-state index contributed by atoms with van der Waals surface area (Å²) in [5.74, 6) is 0. The van der Waals surface area contributed by atoms with Crippen molar-refractivity contribution >= 4 is 15.9 Å². The van der Waals surface area contributed by atoms with Crippen LogP contribution in [0.5, 0.6) is 0 Å². The maximum atomic E-state index is 6.73. The van der Waals surface area contributed by atoms with E-state index in [4.69, 9.17) is 5.73 Å². The largest absolute Gasteiger partial charge is 0.326 e. The highest BCUT2D eigenvalue weighted by atomic mass is 79.9. The minimum atomic E-state index is 0.119. The van der Waals surface area contributed by atoms with Crippen molar-refractivity contribution < 1.29 is 0 Å². The summed E-state index contributed by atoms with van der Waals surface area (Å²) in [5, 5.41) is 4.50. The third-order valence-corrected chi connectivity index (χ3v) is 6.36. The van der Waals surface area contributed by atoms with Crippen LogP contribution in [0.25, 0.3) is 0 Å². The molecule has 0 bridgehead atoms. The summed E-state index contributed by atoms with van der Waals surface area (Å²) in [6, 6.07) is 0.136. The molecule has 1 fully saturated rings. The molecule has 0 aromatic carbocycles. The van der Waals surface area contributed by atoms with E-state index < -0.39 is 0 Å². The van der Waals surface area contributed by atoms with E-state index in [1.54, 1.807) is 0 Å². The Morgan fingerprint density at radius 3 is 2.29 bits per heavy atom. The van der Waals surface area contributed by atoms with Gasteiger partial charge in [0.05, 0.1) is 15.9 Å². The van der Waals surface area contributed by atoms with E-state index in [-0.39, 0.29) is 11.6 Å². The molecule has 1 aliphatic heterocycles. The van der Waals surface area contributed by atoms with Gasteiger partial charge < -0.3 is 5.73 Å². The van der Waals surface area contributed by atoms with E-state index in [2.05, 4.69) is 39.8 Å². The second-order valence-electron chi connectivity index (χ2n) is 6.29. The SMILES string of the molecule is CCC(CC)(C(N)Cc1c(Br)c(C)nn1C)N1CCCC1. The summed E-state index contributed by atoms with van der Waals surface area (Å²) in [5.41, 5.74) is 9.10. The van der Waals surface area contributed by atoms with Crippen LogP contribution in [-0.2, 0) is 13.5 Å². The van der Waals surface area contributed by atoms with Crippen molar-refractivity contribution in [3.63, 3.8) is 0 Å². The van der Waals surface area contributed by atoms with Gasteiger partial charge in [0, 0.05) is 25.0 Å². The molecule has 2 N–H and O–H groups in total. The van der Waals surface area contributed by atoms with Crippen molar-refractivity contribution in [1.29, 1.82) is 0 Å². The predicted molar refractivity (Wildman–Crippen MR) is 91.4 cm³/mol. The molecule has 1 saturated heterocycles. The van der Waals surface area contributed by atoms with Crippen LogP contribution in [0, 0.1) is 6.92 Å². The number of nitrogens with zero attached hydrogens (tertiary/aromatic N) is 3. The zero-order valence-electron chi connectivity index (χ0n) is 13.8. The maximum Gasteiger partial charge on any atom is 0.0738 e. The molecule has 4 nitrogen and oxygen atoms in total. The standard InChI is InChI=1S/C16H29BrN4/c1-5-16(6-2,21-9-7-8-10-21)14(18)11-13-15(17)12(3)19-20(13)4/h14H,5-11,18H2,1-4H3. The van der Waals surface area contributed by atoms with Gasteiger partial charge in [-0.2, -0.15) is 5.10 Å². The molecule has 2 rings (SSSR count). The Morgan fingerprint density at radius 2 is 1.86 bits per heavy atom. The van der Waals surface area contributed by atoms with Crippen molar-refractivity contribution in [2.75, 3.05) is 13.1 Å². The summed E-state index contributed by atoms with van der Waals surface area (Å²) in [6.45, 7) is 8.99. The van der Waals surface area contributed by atoms with E-state index in [0.717, 1.165) is 29.4 Å². The van der Waals surface area contributed by atoms with Crippen molar-refractivity contribution in [2.24, 2.45) is 12.8 Å². The van der Waals surface area contributed by atoms with Gasteiger partial charge in [-0.05, 0) is 61.6 Å². The summed E-state index contributed by atoms with van der Waals surface area (Å²) in [7, 11) is 2.01. The first kappa shape index (κ1) is 17.0. The number of hydrogen-bond acceptors (Lipinski definition) is 3. The molecule has 2 heterocycles. The lowest BCUT2D eigenvalue weighted by molar-refractivity contribution is 0.0761. The Balaban J connectivity index is 2.24. The second kappa shape index (κ2) is 6.80. The Bertz CT molecular complexity index is 473. The summed E-state index contributed by atoms with van der Waals surface area (Å²) >= 11 is 3.67. The number of nitrogens with two attached hydrogens (primary N) is 1. The zero-order valence-corrected chi connectivity index (χ0v) is 15.4. The van der Waals surface area contributed by atoms with Crippen molar-refractivity contribution in [2.45, 2.75) is 64.5 Å². The normalized spacial score (nSPS) is 18.4. The molecule has 5 heteroatoms. The van der Waals surface area contributed by atoms with Crippen LogP contribution >= 0.6 is 15.9 Å². The lowest BCUT2D eigenvalue weighted by Gasteiger charge is -2.45. The quantitative estimate of drug-likeness (QED) is 0.851.